The average molecular weight is 505 g/mol. The lowest BCUT2D eigenvalue weighted by Gasteiger charge is -2.26. The molecule has 0 saturated carbocycles. The molecule has 4 aromatic rings. The van der Waals surface area contributed by atoms with Crippen molar-refractivity contribution in [2.75, 3.05) is 18.0 Å². The quantitative estimate of drug-likeness (QED) is 0.372. The SMILES string of the molecule is COc1ccc(C)cc1N(CC(=O)NCc1ccc(-n2ccnc2)cc1)S(=O)(=O)c1ccc(C)cc1. The molecule has 1 aromatic heterocycles. The summed E-state index contributed by atoms with van der Waals surface area (Å²) in [5.41, 5.74) is 3.91. The molecule has 9 heteroatoms. The van der Waals surface area contributed by atoms with Gasteiger partial charge in [-0.25, -0.2) is 13.4 Å². The molecule has 0 radical (unpaired) electrons. The second-order valence-corrected chi connectivity index (χ2v) is 10.3. The molecule has 4 rings (SSSR count). The van der Waals surface area contributed by atoms with Gasteiger partial charge in [-0.2, -0.15) is 0 Å². The number of hydrogen-bond acceptors (Lipinski definition) is 5. The number of benzene rings is 3. The van der Waals surface area contributed by atoms with E-state index in [4.69, 9.17) is 4.74 Å². The van der Waals surface area contributed by atoms with Crippen LogP contribution in [0.3, 0.4) is 0 Å². The average Bonchev–Trinajstić information content (AvgIpc) is 3.41. The molecule has 36 heavy (non-hydrogen) atoms. The van der Waals surface area contributed by atoms with E-state index < -0.39 is 22.5 Å². The topological polar surface area (TPSA) is 93.5 Å². The number of amides is 1. The zero-order valence-electron chi connectivity index (χ0n) is 20.4. The van der Waals surface area contributed by atoms with Gasteiger partial charge in [0.05, 0.1) is 24.0 Å². The Labute approximate surface area is 211 Å². The van der Waals surface area contributed by atoms with Crippen LogP contribution < -0.4 is 14.4 Å². The van der Waals surface area contributed by atoms with E-state index in [-0.39, 0.29) is 11.4 Å². The van der Waals surface area contributed by atoms with Crippen molar-refractivity contribution in [2.24, 2.45) is 0 Å². The van der Waals surface area contributed by atoms with Gasteiger partial charge in [0.2, 0.25) is 5.91 Å². The number of methoxy groups -OCH3 is 1. The number of imidazole rings is 1. The van der Waals surface area contributed by atoms with E-state index in [1.165, 1.54) is 7.11 Å². The van der Waals surface area contributed by atoms with Crippen LogP contribution in [0.5, 0.6) is 5.75 Å². The van der Waals surface area contributed by atoms with Crippen molar-refractivity contribution in [3.63, 3.8) is 0 Å². The van der Waals surface area contributed by atoms with Crippen molar-refractivity contribution in [3.8, 4) is 11.4 Å². The summed E-state index contributed by atoms with van der Waals surface area (Å²) in [5.74, 6) is -0.0768. The van der Waals surface area contributed by atoms with Crippen molar-refractivity contribution in [1.82, 2.24) is 14.9 Å². The molecular formula is C27H28N4O4S. The van der Waals surface area contributed by atoms with Crippen LogP contribution in [0.2, 0.25) is 0 Å². The lowest BCUT2D eigenvalue weighted by Crippen LogP contribution is -2.41. The van der Waals surface area contributed by atoms with Crippen molar-refractivity contribution < 1.29 is 17.9 Å². The number of anilines is 1. The maximum absolute atomic E-state index is 13.7. The number of rotatable bonds is 9. The van der Waals surface area contributed by atoms with E-state index in [1.54, 1.807) is 48.9 Å². The molecule has 1 N–H and O–H groups in total. The number of nitrogens with zero attached hydrogens (tertiary/aromatic N) is 3. The minimum absolute atomic E-state index is 0.0968. The molecule has 0 aliphatic heterocycles. The fourth-order valence-corrected chi connectivity index (χ4v) is 5.14. The molecule has 0 atom stereocenters. The van der Waals surface area contributed by atoms with Crippen molar-refractivity contribution in [3.05, 3.63) is 102 Å². The Morgan fingerprint density at radius 2 is 1.69 bits per heavy atom. The summed E-state index contributed by atoms with van der Waals surface area (Å²) in [6.07, 6.45) is 5.26. The summed E-state index contributed by atoms with van der Waals surface area (Å²) < 4.78 is 35.8. The van der Waals surface area contributed by atoms with Crippen LogP contribution in [0, 0.1) is 13.8 Å². The van der Waals surface area contributed by atoms with Gasteiger partial charge in [-0.1, -0.05) is 35.9 Å². The van der Waals surface area contributed by atoms with Gasteiger partial charge in [0.15, 0.2) is 0 Å². The summed E-state index contributed by atoms with van der Waals surface area (Å²) >= 11 is 0. The number of aromatic nitrogens is 2. The third kappa shape index (κ3) is 5.58. The highest BCUT2D eigenvalue weighted by Crippen LogP contribution is 2.33. The monoisotopic (exact) mass is 504 g/mol. The van der Waals surface area contributed by atoms with Crippen LogP contribution in [-0.4, -0.2) is 37.5 Å². The Kier molecular flexibility index (Phi) is 7.40. The molecule has 0 bridgehead atoms. The van der Waals surface area contributed by atoms with Gasteiger partial charge in [-0.15, -0.1) is 0 Å². The fourth-order valence-electron chi connectivity index (χ4n) is 3.72. The molecule has 3 aromatic carbocycles. The molecular weight excluding hydrogens is 476 g/mol. The molecule has 0 aliphatic rings. The van der Waals surface area contributed by atoms with Crippen LogP contribution in [0.25, 0.3) is 5.69 Å². The van der Waals surface area contributed by atoms with Gasteiger partial charge in [0.25, 0.3) is 10.0 Å². The highest BCUT2D eigenvalue weighted by molar-refractivity contribution is 7.92. The summed E-state index contributed by atoms with van der Waals surface area (Å²) in [5, 5.41) is 2.83. The number of ether oxygens (including phenoxy) is 1. The smallest absolute Gasteiger partial charge is 0.264 e. The number of sulfonamides is 1. The first-order valence-corrected chi connectivity index (χ1v) is 12.8. The number of hydrogen-bond donors (Lipinski definition) is 1. The van der Waals surface area contributed by atoms with Crippen LogP contribution >= 0.6 is 0 Å². The fraction of sp³-hybridized carbons (Fsp3) is 0.185. The number of carbonyl (C=O) groups excluding carboxylic acids is 1. The molecule has 0 unspecified atom stereocenters. The zero-order valence-corrected chi connectivity index (χ0v) is 21.2. The molecule has 0 fully saturated rings. The summed E-state index contributed by atoms with van der Waals surface area (Å²) in [6, 6.07) is 19.4. The van der Waals surface area contributed by atoms with Gasteiger partial charge in [-0.05, 0) is 61.4 Å². The maximum Gasteiger partial charge on any atom is 0.264 e. The van der Waals surface area contributed by atoms with Crippen molar-refractivity contribution >= 4 is 21.6 Å². The Morgan fingerprint density at radius 3 is 2.33 bits per heavy atom. The Balaban J connectivity index is 1.56. The highest BCUT2D eigenvalue weighted by atomic mass is 32.2. The second kappa shape index (κ2) is 10.7. The highest BCUT2D eigenvalue weighted by Gasteiger charge is 2.29. The van der Waals surface area contributed by atoms with E-state index in [0.29, 0.717) is 11.4 Å². The van der Waals surface area contributed by atoms with E-state index in [0.717, 1.165) is 26.7 Å². The number of aryl methyl sites for hydroxylation is 2. The third-order valence-corrected chi connectivity index (χ3v) is 7.50. The summed E-state index contributed by atoms with van der Waals surface area (Å²) in [7, 11) is -2.57. The Hall–Kier alpha value is -4.11. The second-order valence-electron chi connectivity index (χ2n) is 8.41. The van der Waals surface area contributed by atoms with E-state index in [1.807, 2.05) is 54.9 Å². The summed E-state index contributed by atoms with van der Waals surface area (Å²) in [6.45, 7) is 3.59. The van der Waals surface area contributed by atoms with Crippen LogP contribution in [0.15, 0.2) is 90.3 Å². The number of nitrogens with one attached hydrogen (secondary N) is 1. The van der Waals surface area contributed by atoms with Gasteiger partial charge in [0.1, 0.15) is 12.3 Å². The molecule has 0 saturated heterocycles. The van der Waals surface area contributed by atoms with Crippen LogP contribution in [0.1, 0.15) is 16.7 Å². The summed E-state index contributed by atoms with van der Waals surface area (Å²) in [4.78, 5) is 17.1. The predicted molar refractivity (Wildman–Crippen MR) is 139 cm³/mol. The standard InChI is InChI=1S/C27H28N4O4S/c1-20-4-11-24(12-5-20)36(33,34)31(25-16-21(2)6-13-26(25)35-3)18-27(32)29-17-22-7-9-23(10-8-22)30-15-14-28-19-30/h4-16,19H,17-18H2,1-3H3,(H,29,32). The van der Waals surface area contributed by atoms with E-state index in [2.05, 4.69) is 10.3 Å². The van der Waals surface area contributed by atoms with Gasteiger partial charge in [0, 0.05) is 24.6 Å². The first-order chi connectivity index (χ1) is 17.3. The molecule has 1 amide bonds. The molecule has 0 spiro atoms. The minimum Gasteiger partial charge on any atom is -0.495 e. The molecule has 1 heterocycles. The van der Waals surface area contributed by atoms with Gasteiger partial charge >= 0.3 is 0 Å². The minimum atomic E-state index is -4.05. The largest absolute Gasteiger partial charge is 0.495 e. The Bertz CT molecular complexity index is 1430. The maximum atomic E-state index is 13.7. The first kappa shape index (κ1) is 25.0. The van der Waals surface area contributed by atoms with Crippen LogP contribution in [0.4, 0.5) is 5.69 Å². The van der Waals surface area contributed by atoms with Gasteiger partial charge in [-0.3, -0.25) is 9.10 Å². The number of carbonyl (C=O) groups is 1. The predicted octanol–water partition coefficient (Wildman–Crippen LogP) is 4.01. The first-order valence-electron chi connectivity index (χ1n) is 11.4. The Morgan fingerprint density at radius 1 is 1.00 bits per heavy atom. The normalized spacial score (nSPS) is 11.2. The van der Waals surface area contributed by atoms with Crippen LogP contribution in [-0.2, 0) is 21.4 Å². The third-order valence-electron chi connectivity index (χ3n) is 5.73. The lowest BCUT2D eigenvalue weighted by molar-refractivity contribution is -0.119. The van der Waals surface area contributed by atoms with Crippen molar-refractivity contribution in [2.45, 2.75) is 25.3 Å². The van der Waals surface area contributed by atoms with E-state index in [9.17, 15) is 13.2 Å². The van der Waals surface area contributed by atoms with Crippen molar-refractivity contribution in [1.29, 1.82) is 0 Å². The molecule has 186 valence electrons. The van der Waals surface area contributed by atoms with Gasteiger partial charge < -0.3 is 14.6 Å². The molecule has 0 aliphatic carbocycles. The lowest BCUT2D eigenvalue weighted by atomic mass is 10.2. The zero-order chi connectivity index (χ0) is 25.7. The molecule has 8 nitrogen and oxygen atoms in total. The van der Waals surface area contributed by atoms with E-state index >= 15 is 0 Å².